The number of nitrogens with zero attached hydrogens (tertiary/aromatic N) is 4. The molecule has 0 saturated carbocycles. The highest BCUT2D eigenvalue weighted by molar-refractivity contribution is 7.22. The second-order valence-corrected chi connectivity index (χ2v) is 9.29. The number of nitrogens with one attached hydrogen (secondary N) is 1. The van der Waals surface area contributed by atoms with E-state index in [1.165, 1.54) is 12.7 Å². The van der Waals surface area contributed by atoms with Gasteiger partial charge in [0.15, 0.2) is 5.13 Å². The summed E-state index contributed by atoms with van der Waals surface area (Å²) in [5, 5.41) is 4.25. The van der Waals surface area contributed by atoms with Gasteiger partial charge in [0, 0.05) is 18.9 Å². The van der Waals surface area contributed by atoms with Crippen LogP contribution in [0.2, 0.25) is 0 Å². The molecule has 0 bridgehead atoms. The number of rotatable bonds is 10. The number of benzene rings is 2. The van der Waals surface area contributed by atoms with Crippen LogP contribution in [0.25, 0.3) is 10.2 Å². The number of thiazole rings is 1. The van der Waals surface area contributed by atoms with Crippen molar-refractivity contribution >= 4 is 32.7 Å². The van der Waals surface area contributed by atoms with Crippen LogP contribution in [0.5, 0.6) is 0 Å². The van der Waals surface area contributed by atoms with Gasteiger partial charge in [-0.15, -0.1) is 0 Å². The zero-order chi connectivity index (χ0) is 23.2. The summed E-state index contributed by atoms with van der Waals surface area (Å²) in [6.45, 7) is 1.64. The molecule has 0 aliphatic carbocycles. The minimum absolute atomic E-state index is 0.247. The van der Waals surface area contributed by atoms with Crippen LogP contribution >= 0.6 is 11.3 Å². The van der Waals surface area contributed by atoms with Crippen molar-refractivity contribution in [3.05, 3.63) is 77.9 Å². The standard InChI is InChI=1S/C25H29N5O2S/c1-29(2)12-5-8-22(30-13-11-26-17-30)19-9-10-21-23(15-19)33-25(28-21)27-16-18-6-4-7-20(14-18)24(31)32-3/h4,6-7,9-11,13-15,17,22H,5,8,12,16H2,1-3H3,(H,27,28). The average Bonchev–Trinajstić information content (AvgIpc) is 3.49. The monoisotopic (exact) mass is 463 g/mol. The average molecular weight is 464 g/mol. The molecule has 0 radical (unpaired) electrons. The Kier molecular flexibility index (Phi) is 7.36. The summed E-state index contributed by atoms with van der Waals surface area (Å²) in [7, 11) is 5.61. The number of aromatic nitrogens is 3. The van der Waals surface area contributed by atoms with Gasteiger partial charge >= 0.3 is 5.97 Å². The number of methoxy groups -OCH3 is 1. The molecule has 4 rings (SSSR count). The molecule has 1 atom stereocenters. The summed E-state index contributed by atoms with van der Waals surface area (Å²) >= 11 is 1.64. The minimum atomic E-state index is -0.331. The number of esters is 1. The van der Waals surface area contributed by atoms with Crippen LogP contribution in [0.15, 0.2) is 61.2 Å². The Bertz CT molecular complexity index is 1200. The molecular weight excluding hydrogens is 434 g/mol. The molecule has 1 unspecified atom stereocenters. The summed E-state index contributed by atoms with van der Waals surface area (Å²) in [6.07, 6.45) is 7.91. The lowest BCUT2D eigenvalue weighted by molar-refractivity contribution is 0.0600. The zero-order valence-corrected chi connectivity index (χ0v) is 20.0. The predicted octanol–water partition coefficient (Wildman–Crippen LogP) is 4.82. The fourth-order valence-corrected chi connectivity index (χ4v) is 4.78. The number of anilines is 1. The number of hydrogen-bond acceptors (Lipinski definition) is 7. The van der Waals surface area contributed by atoms with Crippen molar-refractivity contribution in [3.63, 3.8) is 0 Å². The fourth-order valence-electron chi connectivity index (χ4n) is 3.87. The van der Waals surface area contributed by atoms with Crippen LogP contribution in [0, 0.1) is 0 Å². The highest BCUT2D eigenvalue weighted by Gasteiger charge is 2.15. The molecule has 0 aliphatic rings. The normalized spacial score (nSPS) is 12.2. The highest BCUT2D eigenvalue weighted by Crippen LogP contribution is 2.31. The summed E-state index contributed by atoms with van der Waals surface area (Å²) in [6, 6.07) is 14.2. The molecule has 7 nitrogen and oxygen atoms in total. The molecule has 2 heterocycles. The van der Waals surface area contributed by atoms with Crippen LogP contribution in [0.4, 0.5) is 5.13 Å². The Labute approximate surface area is 198 Å². The zero-order valence-electron chi connectivity index (χ0n) is 19.2. The highest BCUT2D eigenvalue weighted by atomic mass is 32.1. The predicted molar refractivity (Wildman–Crippen MR) is 133 cm³/mol. The fraction of sp³-hybridized carbons (Fsp3) is 0.320. The van der Waals surface area contributed by atoms with E-state index in [1.807, 2.05) is 36.9 Å². The van der Waals surface area contributed by atoms with E-state index < -0.39 is 0 Å². The van der Waals surface area contributed by atoms with Crippen molar-refractivity contribution in [2.75, 3.05) is 33.1 Å². The molecule has 8 heteroatoms. The van der Waals surface area contributed by atoms with Gasteiger partial charge in [0.25, 0.3) is 0 Å². The maximum Gasteiger partial charge on any atom is 0.337 e. The molecular formula is C25H29N5O2S. The number of imidazole rings is 1. The van der Waals surface area contributed by atoms with E-state index in [2.05, 4.69) is 52.1 Å². The van der Waals surface area contributed by atoms with Crippen molar-refractivity contribution in [2.24, 2.45) is 0 Å². The molecule has 1 N–H and O–H groups in total. The van der Waals surface area contributed by atoms with E-state index in [0.29, 0.717) is 12.1 Å². The first-order chi connectivity index (χ1) is 16.0. The first-order valence-electron chi connectivity index (χ1n) is 11.0. The minimum Gasteiger partial charge on any atom is -0.465 e. The molecule has 172 valence electrons. The lowest BCUT2D eigenvalue weighted by Crippen LogP contribution is -2.16. The molecule has 0 amide bonds. The Morgan fingerprint density at radius 1 is 1.24 bits per heavy atom. The van der Waals surface area contributed by atoms with E-state index in [9.17, 15) is 4.79 Å². The number of carbonyl (C=O) groups excluding carboxylic acids is 1. The lowest BCUT2D eigenvalue weighted by atomic mass is 10.0. The summed E-state index contributed by atoms with van der Waals surface area (Å²) < 4.78 is 8.14. The van der Waals surface area contributed by atoms with Crippen molar-refractivity contribution in [3.8, 4) is 0 Å². The first kappa shape index (κ1) is 22.9. The number of ether oxygens (including phenoxy) is 1. The molecule has 0 aliphatic heterocycles. The Balaban J connectivity index is 1.50. The molecule has 0 spiro atoms. The van der Waals surface area contributed by atoms with E-state index in [0.717, 1.165) is 40.3 Å². The van der Waals surface area contributed by atoms with Gasteiger partial charge in [-0.3, -0.25) is 0 Å². The van der Waals surface area contributed by atoms with Crippen LogP contribution in [0.1, 0.15) is 40.4 Å². The van der Waals surface area contributed by atoms with Gasteiger partial charge in [-0.1, -0.05) is 29.5 Å². The van der Waals surface area contributed by atoms with Crippen LogP contribution in [0.3, 0.4) is 0 Å². The maximum atomic E-state index is 11.8. The van der Waals surface area contributed by atoms with E-state index in [4.69, 9.17) is 9.72 Å². The molecule has 2 aromatic carbocycles. The molecule has 33 heavy (non-hydrogen) atoms. The Morgan fingerprint density at radius 3 is 2.88 bits per heavy atom. The van der Waals surface area contributed by atoms with Gasteiger partial charge in [0.2, 0.25) is 0 Å². The third kappa shape index (κ3) is 5.77. The second-order valence-electron chi connectivity index (χ2n) is 8.26. The van der Waals surface area contributed by atoms with Crippen LogP contribution in [-0.4, -0.2) is 53.2 Å². The summed E-state index contributed by atoms with van der Waals surface area (Å²) in [4.78, 5) is 23.0. The lowest BCUT2D eigenvalue weighted by Gasteiger charge is -2.20. The largest absolute Gasteiger partial charge is 0.465 e. The molecule has 4 aromatic rings. The van der Waals surface area contributed by atoms with Gasteiger partial charge in [-0.05, 0) is 68.9 Å². The number of hydrogen-bond donors (Lipinski definition) is 1. The van der Waals surface area contributed by atoms with E-state index in [1.54, 1.807) is 17.4 Å². The second kappa shape index (κ2) is 10.6. The van der Waals surface area contributed by atoms with Crippen LogP contribution < -0.4 is 5.32 Å². The first-order valence-corrected chi connectivity index (χ1v) is 11.8. The van der Waals surface area contributed by atoms with Crippen molar-refractivity contribution in [1.82, 2.24) is 19.4 Å². The van der Waals surface area contributed by atoms with Gasteiger partial charge < -0.3 is 19.5 Å². The molecule has 0 fully saturated rings. The number of fused-ring (bicyclic) bond motifs is 1. The Morgan fingerprint density at radius 2 is 2.12 bits per heavy atom. The summed E-state index contributed by atoms with van der Waals surface area (Å²) in [5.41, 5.74) is 3.79. The topological polar surface area (TPSA) is 72.3 Å². The SMILES string of the molecule is COC(=O)c1cccc(CNc2nc3ccc(C(CCCN(C)C)n4ccnc4)cc3s2)c1. The summed E-state index contributed by atoms with van der Waals surface area (Å²) in [5.74, 6) is -0.331. The quantitative estimate of drug-likeness (QED) is 0.340. The third-order valence-electron chi connectivity index (χ3n) is 5.56. The maximum absolute atomic E-state index is 11.8. The van der Waals surface area contributed by atoms with Gasteiger partial charge in [-0.2, -0.15) is 0 Å². The van der Waals surface area contributed by atoms with Gasteiger partial charge in [-0.25, -0.2) is 14.8 Å². The Hall–Kier alpha value is -3.23. The van der Waals surface area contributed by atoms with Crippen molar-refractivity contribution in [1.29, 1.82) is 0 Å². The van der Waals surface area contributed by atoms with E-state index >= 15 is 0 Å². The van der Waals surface area contributed by atoms with Crippen LogP contribution in [-0.2, 0) is 11.3 Å². The molecule has 2 aromatic heterocycles. The van der Waals surface area contributed by atoms with Crippen molar-refractivity contribution in [2.45, 2.75) is 25.4 Å². The van der Waals surface area contributed by atoms with Gasteiger partial charge in [0.1, 0.15) is 0 Å². The van der Waals surface area contributed by atoms with E-state index in [-0.39, 0.29) is 12.0 Å². The third-order valence-corrected chi connectivity index (χ3v) is 6.53. The molecule has 0 saturated heterocycles. The van der Waals surface area contributed by atoms with Crippen molar-refractivity contribution < 1.29 is 9.53 Å². The smallest absolute Gasteiger partial charge is 0.337 e. The number of carbonyl (C=O) groups is 1. The van der Waals surface area contributed by atoms with Gasteiger partial charge in [0.05, 0.1) is 35.3 Å².